The molecule has 2 amide bonds. The van der Waals surface area contributed by atoms with E-state index in [0.717, 1.165) is 10.5 Å². The summed E-state index contributed by atoms with van der Waals surface area (Å²) in [5.74, 6) is -8.92. The number of rotatable bonds is 7. The Bertz CT molecular complexity index is 1900. The molecule has 388 valence electrons. The summed E-state index contributed by atoms with van der Waals surface area (Å²) in [6.45, 7) is 12.5. The summed E-state index contributed by atoms with van der Waals surface area (Å²) < 4.78 is 29.4. The first-order valence-corrected chi connectivity index (χ1v) is 25.0. The summed E-state index contributed by atoms with van der Waals surface area (Å²) in [6.07, 6.45) is 7.86. The van der Waals surface area contributed by atoms with Gasteiger partial charge in [-0.2, -0.15) is 0 Å². The number of alkyl carbamates (subject to hydrolysis) is 1. The van der Waals surface area contributed by atoms with Crippen LogP contribution in [0.1, 0.15) is 126 Å². The monoisotopic (exact) mass is 972 g/mol. The molecular weight excluding hydrogens is 891 g/mol. The zero-order valence-electron chi connectivity index (χ0n) is 42.3. The number of nitrogens with one attached hydrogen (secondary N) is 1. The van der Waals surface area contributed by atoms with Crippen molar-refractivity contribution in [3.63, 3.8) is 0 Å². The third-order valence-corrected chi connectivity index (χ3v) is 14.5. The number of nitrogens with two attached hydrogens (primary N) is 1. The number of ether oxygens (including phenoxy) is 5. The van der Waals surface area contributed by atoms with Gasteiger partial charge in [-0.3, -0.25) is 19.2 Å². The average molecular weight is 972 g/mol. The van der Waals surface area contributed by atoms with Gasteiger partial charge in [0, 0.05) is 63.9 Å². The molecule has 15 atom stereocenters. The van der Waals surface area contributed by atoms with Gasteiger partial charge in [-0.15, -0.1) is 0 Å². The zero-order chi connectivity index (χ0) is 51.2. The molecule has 0 aromatic rings. The van der Waals surface area contributed by atoms with Crippen LogP contribution < -0.4 is 11.1 Å². The highest BCUT2D eigenvalue weighted by Gasteiger charge is 2.53. The first kappa shape index (κ1) is 57.5. The number of fused-ring (bicyclic) bond motifs is 3. The summed E-state index contributed by atoms with van der Waals surface area (Å²) in [7, 11) is 3.08. The summed E-state index contributed by atoms with van der Waals surface area (Å²) in [6, 6.07) is -2.14. The quantitative estimate of drug-likeness (QED) is 0.128. The van der Waals surface area contributed by atoms with Crippen molar-refractivity contribution in [1.29, 1.82) is 0 Å². The van der Waals surface area contributed by atoms with E-state index in [0.29, 0.717) is 57.9 Å². The molecule has 3 heterocycles. The van der Waals surface area contributed by atoms with Gasteiger partial charge in [-0.05, 0) is 108 Å². The van der Waals surface area contributed by atoms with E-state index in [9.17, 15) is 44.1 Å². The van der Waals surface area contributed by atoms with Crippen molar-refractivity contribution in [3.8, 4) is 0 Å². The molecule has 1 unspecified atom stereocenters. The van der Waals surface area contributed by atoms with E-state index in [1.165, 1.54) is 20.1 Å². The second-order valence-corrected chi connectivity index (χ2v) is 20.0. The molecule has 17 heteroatoms. The van der Waals surface area contributed by atoms with Crippen LogP contribution in [0.15, 0.2) is 47.6 Å². The molecule has 0 aromatic heterocycles. The number of nitrogens with zero attached hydrogens (tertiary/aromatic N) is 1. The van der Waals surface area contributed by atoms with Crippen molar-refractivity contribution < 1.29 is 67.8 Å². The molecular formula is C52H81N3O14. The molecule has 2 saturated heterocycles. The number of ketones is 3. The number of Topliss-reactive ketones (excluding diaryl/α,β-unsaturated/α-hetero) is 3. The fourth-order valence-electron chi connectivity index (χ4n) is 10.1. The van der Waals surface area contributed by atoms with Crippen LogP contribution in [-0.2, 0) is 47.7 Å². The van der Waals surface area contributed by atoms with Crippen molar-refractivity contribution in [3.05, 3.63) is 47.6 Å². The lowest BCUT2D eigenvalue weighted by molar-refractivity contribution is -0.265. The smallest absolute Gasteiger partial charge is 0.407 e. The van der Waals surface area contributed by atoms with E-state index in [-0.39, 0.29) is 49.6 Å². The highest BCUT2D eigenvalue weighted by atomic mass is 16.6. The lowest BCUT2D eigenvalue weighted by Crippen LogP contribution is -2.61. The molecule has 4 aliphatic rings. The predicted octanol–water partition coefficient (Wildman–Crippen LogP) is 4.97. The van der Waals surface area contributed by atoms with Crippen molar-refractivity contribution in [2.45, 2.75) is 186 Å². The minimum Gasteiger partial charge on any atom is -0.459 e. The number of piperidine rings is 1. The average Bonchev–Trinajstić information content (AvgIpc) is 3.32. The lowest BCUT2D eigenvalue weighted by Gasteiger charge is -2.42. The highest BCUT2D eigenvalue weighted by molar-refractivity contribution is 6.39. The van der Waals surface area contributed by atoms with Gasteiger partial charge in [-0.1, -0.05) is 64.2 Å². The van der Waals surface area contributed by atoms with Crippen LogP contribution in [-0.4, -0.2) is 143 Å². The number of carbonyl (C=O) groups excluding carboxylic acids is 6. The van der Waals surface area contributed by atoms with Crippen molar-refractivity contribution >= 4 is 35.3 Å². The first-order valence-electron chi connectivity index (χ1n) is 25.0. The molecule has 3 aliphatic heterocycles. The topological polar surface area (TPSA) is 251 Å². The number of allylic oxidation sites excluding steroid dienone is 6. The Morgan fingerprint density at radius 1 is 0.899 bits per heavy atom. The molecule has 2 bridgehead atoms. The third kappa shape index (κ3) is 15.7. The second kappa shape index (κ2) is 26.9. The van der Waals surface area contributed by atoms with Crippen LogP contribution >= 0.6 is 0 Å². The first-order chi connectivity index (χ1) is 32.6. The molecule has 17 nitrogen and oxygen atoms in total. The molecule has 1 saturated carbocycles. The van der Waals surface area contributed by atoms with E-state index >= 15 is 0 Å². The van der Waals surface area contributed by atoms with Gasteiger partial charge in [0.1, 0.15) is 36.2 Å². The largest absolute Gasteiger partial charge is 0.459 e. The number of cyclic esters (lactones) is 1. The van der Waals surface area contributed by atoms with Crippen LogP contribution in [0.3, 0.4) is 0 Å². The van der Waals surface area contributed by atoms with Crippen LogP contribution in [0.2, 0.25) is 0 Å². The van der Waals surface area contributed by atoms with E-state index in [1.54, 1.807) is 34.8 Å². The van der Waals surface area contributed by atoms with Crippen molar-refractivity contribution in [1.82, 2.24) is 10.2 Å². The standard InChI is InChI=1S/C52H81N3O14/c1-10-54-51(63)68-41-22-20-36(27-44(41)66-9)26-38(53)43-29-40(56)32(4)25-34(6)46(58)47(59)45(57)33(5)24-30(2)16-12-11-13-17-31(3)42(65-8)28-37-21-19-35(7)52(64,69-37)48(60)49(61)55-23-15-14-18-39(55)50(62)67-43/h11-13,16-17,25,30,32-33,35-39,41-44,46-47,58-59,64H,10,14-15,18-24,26-29,53H2,1-9H3,(H,54,63)/b13-11+,16-12+,31-17+,34-25+/t30-,32-,33?,35-,36+,37+,38-,39+,41-,42+,43+,44-,46-,47+,52-/m1/s1. The van der Waals surface area contributed by atoms with Crippen LogP contribution in [0.4, 0.5) is 4.79 Å². The minimum atomic E-state index is -2.47. The van der Waals surface area contributed by atoms with Gasteiger partial charge in [0.15, 0.2) is 5.78 Å². The summed E-state index contributed by atoms with van der Waals surface area (Å²) in [5, 5.41) is 36.8. The Labute approximate surface area is 408 Å². The van der Waals surface area contributed by atoms with Crippen molar-refractivity contribution in [2.24, 2.45) is 35.3 Å². The SMILES string of the molecule is CCNC(=O)O[C@@H]1CC[C@@H](C[C@@H](N)[C@@H]2CC(=O)[C@H](C)/C=C(\C)[C@@H](O)[C@@H](O)C(=O)C(C)C[C@H](C)/C=C/C=C/C=C(\C)[C@@H](OC)C[C@@H]3CC[C@@H](C)[C@@](O)(O3)C(=O)C(=O)N3CCCC[C@H]3C(=O)O2)C[C@H]1OC. The maximum Gasteiger partial charge on any atom is 0.407 e. The number of aliphatic hydroxyl groups excluding tert-OH is 2. The van der Waals surface area contributed by atoms with Gasteiger partial charge < -0.3 is 55.0 Å². The molecule has 0 radical (unpaired) electrons. The molecule has 0 spiro atoms. The second-order valence-electron chi connectivity index (χ2n) is 20.0. The zero-order valence-corrected chi connectivity index (χ0v) is 42.3. The molecule has 0 aromatic carbocycles. The number of esters is 1. The summed E-state index contributed by atoms with van der Waals surface area (Å²) in [5.41, 5.74) is 7.93. The Morgan fingerprint density at radius 2 is 1.62 bits per heavy atom. The Morgan fingerprint density at radius 3 is 2.30 bits per heavy atom. The van der Waals surface area contributed by atoms with E-state index in [2.05, 4.69) is 5.32 Å². The maximum atomic E-state index is 14.4. The van der Waals surface area contributed by atoms with Crippen molar-refractivity contribution in [2.75, 3.05) is 27.3 Å². The molecule has 6 N–H and O–H groups in total. The van der Waals surface area contributed by atoms with Gasteiger partial charge in [-0.25, -0.2) is 9.59 Å². The third-order valence-electron chi connectivity index (χ3n) is 14.5. The maximum absolute atomic E-state index is 14.4. The molecule has 1 aliphatic carbocycles. The van der Waals surface area contributed by atoms with Gasteiger partial charge in [0.2, 0.25) is 5.79 Å². The van der Waals surface area contributed by atoms with Gasteiger partial charge in [0.05, 0.1) is 18.3 Å². The Hall–Kier alpha value is -4.10. The minimum absolute atomic E-state index is 0.0296. The summed E-state index contributed by atoms with van der Waals surface area (Å²) in [4.78, 5) is 83.7. The number of carbonyl (C=O) groups is 6. The Balaban J connectivity index is 1.68. The molecule has 69 heavy (non-hydrogen) atoms. The fraction of sp³-hybridized carbons (Fsp3) is 0.731. The number of hydrogen-bond donors (Lipinski definition) is 5. The normalized spacial score (nSPS) is 38.6. The van der Waals surface area contributed by atoms with E-state index in [4.69, 9.17) is 29.4 Å². The number of methoxy groups -OCH3 is 2. The molecule has 3 fully saturated rings. The predicted molar refractivity (Wildman–Crippen MR) is 257 cm³/mol. The number of aliphatic hydroxyl groups is 3. The van der Waals surface area contributed by atoms with Crippen LogP contribution in [0.25, 0.3) is 0 Å². The molecule has 4 rings (SSSR count). The van der Waals surface area contributed by atoms with Gasteiger partial charge >= 0.3 is 12.1 Å². The van der Waals surface area contributed by atoms with Gasteiger partial charge in [0.25, 0.3) is 11.7 Å². The van der Waals surface area contributed by atoms with Crippen LogP contribution in [0, 0.1) is 29.6 Å². The Kier molecular flexibility index (Phi) is 22.4. The lowest BCUT2D eigenvalue weighted by atomic mass is 9.80. The van der Waals surface area contributed by atoms with Crippen LogP contribution in [0.5, 0.6) is 0 Å². The van der Waals surface area contributed by atoms with E-state index < -0.39 is 114 Å². The fourth-order valence-corrected chi connectivity index (χ4v) is 10.1. The number of hydrogen-bond acceptors (Lipinski definition) is 15. The number of amides is 2. The van der Waals surface area contributed by atoms with E-state index in [1.807, 2.05) is 44.2 Å². The highest BCUT2D eigenvalue weighted by Crippen LogP contribution is 2.37. The summed E-state index contributed by atoms with van der Waals surface area (Å²) >= 11 is 0.